The van der Waals surface area contributed by atoms with Crippen LogP contribution in [0.5, 0.6) is 0 Å². The Balaban J connectivity index is 1.09. The van der Waals surface area contributed by atoms with Gasteiger partial charge in [-0.15, -0.1) is 0 Å². The molecule has 1 unspecified atom stereocenters. The lowest BCUT2D eigenvalue weighted by atomic mass is 10.0. The van der Waals surface area contributed by atoms with Crippen LogP contribution in [-0.2, 0) is 4.79 Å². The van der Waals surface area contributed by atoms with Gasteiger partial charge in [-0.1, -0.05) is 78.0 Å². The van der Waals surface area contributed by atoms with Gasteiger partial charge in [-0.2, -0.15) is 4.98 Å². The van der Waals surface area contributed by atoms with Crippen molar-refractivity contribution in [1.82, 2.24) is 25.3 Å². The lowest BCUT2D eigenvalue weighted by molar-refractivity contribution is -0.132. The number of hydrogen-bond acceptors (Lipinski definition) is 6. The van der Waals surface area contributed by atoms with Gasteiger partial charge in [0.15, 0.2) is 0 Å². The van der Waals surface area contributed by atoms with Crippen LogP contribution in [-0.4, -0.2) is 64.5 Å². The zero-order valence-corrected chi connectivity index (χ0v) is 20.7. The van der Waals surface area contributed by atoms with E-state index in [1.54, 1.807) is 17.0 Å². The van der Waals surface area contributed by atoms with E-state index < -0.39 is 0 Å². The Morgan fingerprint density at radius 1 is 0.838 bits per heavy atom. The van der Waals surface area contributed by atoms with Crippen LogP contribution in [0.25, 0.3) is 22.5 Å². The molecule has 188 valence electrons. The first-order chi connectivity index (χ1) is 18.1. The average Bonchev–Trinajstić information content (AvgIpc) is 3.47. The van der Waals surface area contributed by atoms with E-state index in [1.165, 1.54) is 0 Å². The molecule has 1 saturated heterocycles. The van der Waals surface area contributed by atoms with Gasteiger partial charge in [0.05, 0.1) is 12.6 Å². The summed E-state index contributed by atoms with van der Waals surface area (Å²) in [5.74, 6) is 0.780. The van der Waals surface area contributed by atoms with Crippen LogP contribution < -0.4 is 5.32 Å². The minimum atomic E-state index is -0.258. The fraction of sp³-hybridized carbons (Fsp3) is 0.241. The molecule has 1 fully saturated rings. The second-order valence-electron chi connectivity index (χ2n) is 9.04. The smallest absolute Gasteiger partial charge is 0.251 e. The lowest BCUT2D eigenvalue weighted by Crippen LogP contribution is -2.51. The molecule has 1 atom stereocenters. The number of amides is 2. The zero-order valence-electron chi connectivity index (χ0n) is 20.7. The topological polar surface area (TPSA) is 91.6 Å². The van der Waals surface area contributed by atoms with E-state index in [9.17, 15) is 9.59 Å². The standard InChI is InChI=1S/C29H29N5O3/c1-21(29-31-27(32-37-29)24-10-6-3-7-11-24)33-16-18-34(19-17-33)26(35)20-30-28(36)25-14-12-23(13-15-25)22-8-4-2-5-9-22/h2-15,21H,16-20H2,1H3,(H,30,36). The Hall–Kier alpha value is -4.30. The molecule has 5 rings (SSSR count). The second kappa shape index (κ2) is 11.2. The van der Waals surface area contributed by atoms with Crippen LogP contribution in [0.4, 0.5) is 0 Å². The molecule has 1 aliphatic rings. The first-order valence-corrected chi connectivity index (χ1v) is 12.4. The van der Waals surface area contributed by atoms with Crippen molar-refractivity contribution in [2.75, 3.05) is 32.7 Å². The van der Waals surface area contributed by atoms with E-state index in [-0.39, 0.29) is 24.4 Å². The quantitative estimate of drug-likeness (QED) is 0.416. The molecule has 2 heterocycles. The normalized spacial score (nSPS) is 14.8. The number of nitrogens with zero attached hydrogens (tertiary/aromatic N) is 4. The van der Waals surface area contributed by atoms with Gasteiger partial charge in [0.25, 0.3) is 5.91 Å². The number of benzene rings is 3. The van der Waals surface area contributed by atoms with Crippen LogP contribution in [0.2, 0.25) is 0 Å². The van der Waals surface area contributed by atoms with Crippen LogP contribution in [0, 0.1) is 0 Å². The van der Waals surface area contributed by atoms with Crippen LogP contribution in [0.15, 0.2) is 89.5 Å². The average molecular weight is 496 g/mol. The van der Waals surface area contributed by atoms with Gasteiger partial charge < -0.3 is 14.7 Å². The van der Waals surface area contributed by atoms with E-state index >= 15 is 0 Å². The van der Waals surface area contributed by atoms with Crippen LogP contribution >= 0.6 is 0 Å². The minimum Gasteiger partial charge on any atom is -0.343 e. The van der Waals surface area contributed by atoms with E-state index in [0.717, 1.165) is 16.7 Å². The summed E-state index contributed by atoms with van der Waals surface area (Å²) >= 11 is 0. The van der Waals surface area contributed by atoms with Crippen LogP contribution in [0.1, 0.15) is 29.2 Å². The van der Waals surface area contributed by atoms with E-state index in [2.05, 4.69) is 20.4 Å². The minimum absolute atomic E-state index is 0.0289. The first-order valence-electron chi connectivity index (χ1n) is 12.4. The van der Waals surface area contributed by atoms with Crippen molar-refractivity contribution in [3.05, 3.63) is 96.4 Å². The molecular formula is C29H29N5O3. The number of rotatable bonds is 7. The van der Waals surface area contributed by atoms with Gasteiger partial charge in [0.1, 0.15) is 0 Å². The highest BCUT2D eigenvalue weighted by Gasteiger charge is 2.28. The highest BCUT2D eigenvalue weighted by atomic mass is 16.5. The third kappa shape index (κ3) is 5.76. The van der Waals surface area contributed by atoms with Gasteiger partial charge in [-0.25, -0.2) is 0 Å². The van der Waals surface area contributed by atoms with Crippen molar-refractivity contribution >= 4 is 11.8 Å². The Bertz CT molecular complexity index is 1330. The molecule has 0 radical (unpaired) electrons. The zero-order chi connectivity index (χ0) is 25.6. The molecule has 1 N–H and O–H groups in total. The molecule has 1 aromatic heterocycles. The fourth-order valence-electron chi connectivity index (χ4n) is 4.44. The monoisotopic (exact) mass is 495 g/mol. The molecule has 2 amide bonds. The Labute approximate surface area is 215 Å². The number of hydrogen-bond donors (Lipinski definition) is 1. The van der Waals surface area contributed by atoms with Crippen molar-refractivity contribution in [3.8, 4) is 22.5 Å². The summed E-state index contributed by atoms with van der Waals surface area (Å²) in [5.41, 5.74) is 3.57. The molecule has 0 spiro atoms. The maximum absolute atomic E-state index is 12.7. The van der Waals surface area contributed by atoms with Crippen molar-refractivity contribution < 1.29 is 14.1 Å². The van der Waals surface area contributed by atoms with Crippen molar-refractivity contribution in [2.45, 2.75) is 13.0 Å². The predicted molar refractivity (Wildman–Crippen MR) is 141 cm³/mol. The van der Waals surface area contributed by atoms with Gasteiger partial charge in [-0.05, 0) is 30.2 Å². The van der Waals surface area contributed by atoms with Gasteiger partial charge >= 0.3 is 0 Å². The SMILES string of the molecule is CC(c1nc(-c2ccccc2)no1)N1CCN(C(=O)CNC(=O)c2ccc(-c3ccccc3)cc2)CC1. The van der Waals surface area contributed by atoms with E-state index in [1.807, 2.05) is 79.7 Å². The maximum atomic E-state index is 12.7. The van der Waals surface area contributed by atoms with Crippen molar-refractivity contribution in [2.24, 2.45) is 0 Å². The summed E-state index contributed by atoms with van der Waals surface area (Å²) in [7, 11) is 0. The molecule has 1 aliphatic heterocycles. The molecule has 8 heteroatoms. The summed E-state index contributed by atoms with van der Waals surface area (Å²) in [4.78, 5) is 33.9. The number of aromatic nitrogens is 2. The molecular weight excluding hydrogens is 466 g/mol. The summed E-state index contributed by atoms with van der Waals surface area (Å²) in [6.45, 7) is 4.52. The highest BCUT2D eigenvalue weighted by Crippen LogP contribution is 2.23. The molecule has 0 saturated carbocycles. The van der Waals surface area contributed by atoms with Gasteiger partial charge in [-0.3, -0.25) is 14.5 Å². The van der Waals surface area contributed by atoms with Crippen molar-refractivity contribution in [1.29, 1.82) is 0 Å². The molecule has 3 aromatic carbocycles. The fourth-order valence-corrected chi connectivity index (χ4v) is 4.44. The molecule has 4 aromatic rings. The third-order valence-corrected chi connectivity index (χ3v) is 6.70. The number of carbonyl (C=O) groups is 2. The summed E-state index contributed by atoms with van der Waals surface area (Å²) in [5, 5.41) is 6.87. The first kappa shape index (κ1) is 24.4. The summed E-state index contributed by atoms with van der Waals surface area (Å²) < 4.78 is 5.52. The molecule has 37 heavy (non-hydrogen) atoms. The molecule has 8 nitrogen and oxygen atoms in total. The predicted octanol–water partition coefficient (Wildman–Crippen LogP) is 4.04. The van der Waals surface area contributed by atoms with E-state index in [4.69, 9.17) is 4.52 Å². The highest BCUT2D eigenvalue weighted by molar-refractivity contribution is 5.96. The number of nitrogens with one attached hydrogen (secondary N) is 1. The number of carbonyl (C=O) groups excluding carboxylic acids is 2. The number of piperazine rings is 1. The molecule has 0 aliphatic carbocycles. The Morgan fingerprint density at radius 3 is 2.08 bits per heavy atom. The van der Waals surface area contributed by atoms with Crippen LogP contribution in [0.3, 0.4) is 0 Å². The molecule has 0 bridgehead atoms. The Morgan fingerprint density at radius 2 is 1.43 bits per heavy atom. The largest absolute Gasteiger partial charge is 0.343 e. The van der Waals surface area contributed by atoms with Gasteiger partial charge in [0.2, 0.25) is 17.6 Å². The summed E-state index contributed by atoms with van der Waals surface area (Å²) in [6, 6.07) is 27.0. The van der Waals surface area contributed by atoms with Gasteiger partial charge in [0, 0.05) is 37.3 Å². The summed E-state index contributed by atoms with van der Waals surface area (Å²) in [6.07, 6.45) is 0. The Kier molecular flexibility index (Phi) is 7.37. The maximum Gasteiger partial charge on any atom is 0.251 e. The second-order valence-corrected chi connectivity index (χ2v) is 9.04. The van der Waals surface area contributed by atoms with Crippen molar-refractivity contribution in [3.63, 3.8) is 0 Å². The third-order valence-electron chi connectivity index (χ3n) is 6.70. The lowest BCUT2D eigenvalue weighted by Gasteiger charge is -2.36. The van der Waals surface area contributed by atoms with E-state index in [0.29, 0.717) is 43.5 Å².